The molecule has 1 fully saturated rings. The molecular formula is C26H28I2N4O3S. The first-order valence-electron chi connectivity index (χ1n) is 11.6. The Labute approximate surface area is 240 Å². The predicted molar refractivity (Wildman–Crippen MR) is 159 cm³/mol. The Balaban J connectivity index is 1.62. The Bertz CT molecular complexity index is 1340. The van der Waals surface area contributed by atoms with Crippen LogP contribution in [0.2, 0.25) is 0 Å². The maximum Gasteiger partial charge on any atom is 0.281 e. The van der Waals surface area contributed by atoms with Crippen LogP contribution >= 0.6 is 45.7 Å². The zero-order valence-corrected chi connectivity index (χ0v) is 25.4. The number of carbonyl (C=O) groups is 1. The second kappa shape index (κ2) is 11.3. The standard InChI is InChI=1S/C26H28I2N4O3S/c1-17-12-18(2)22(19(3)13-17)16-31-15-21(20-8-5-4-6-9-20)14-23(31)26(33)30-36(34,35)25-11-7-10-24(29-25)32(27)28/h4-13,21,23H,14-16H2,1-3H3,(H,30,33)/t21-,23-/m1/s1. The molecule has 10 heteroatoms. The molecule has 1 N–H and O–H groups in total. The molecule has 7 nitrogen and oxygen atoms in total. The summed E-state index contributed by atoms with van der Waals surface area (Å²) < 4.78 is 30.2. The highest BCUT2D eigenvalue weighted by Crippen LogP contribution is 2.34. The zero-order valence-electron chi connectivity index (χ0n) is 20.3. The number of rotatable bonds is 7. The summed E-state index contributed by atoms with van der Waals surface area (Å²) in [6, 6.07) is 18.5. The van der Waals surface area contributed by atoms with Gasteiger partial charge in [0.15, 0.2) is 5.03 Å². The van der Waals surface area contributed by atoms with E-state index >= 15 is 0 Å². The molecule has 0 unspecified atom stereocenters. The van der Waals surface area contributed by atoms with Crippen molar-refractivity contribution in [3.8, 4) is 0 Å². The maximum atomic E-state index is 13.5. The molecule has 3 aromatic rings. The van der Waals surface area contributed by atoms with Gasteiger partial charge in [0.05, 0.1) is 51.8 Å². The average Bonchev–Trinajstić information content (AvgIpc) is 3.26. The summed E-state index contributed by atoms with van der Waals surface area (Å²) in [6.07, 6.45) is 0.540. The van der Waals surface area contributed by atoms with Gasteiger partial charge in [0.1, 0.15) is 5.82 Å². The molecule has 1 amide bonds. The molecule has 4 rings (SSSR count). The van der Waals surface area contributed by atoms with E-state index in [2.05, 4.69) is 59.6 Å². The minimum Gasteiger partial charge on any atom is -0.287 e. The molecule has 0 aliphatic carbocycles. The van der Waals surface area contributed by atoms with E-state index in [1.165, 1.54) is 28.3 Å². The fourth-order valence-electron chi connectivity index (χ4n) is 4.88. The van der Waals surface area contributed by atoms with Crippen LogP contribution in [0, 0.1) is 20.8 Å². The number of aromatic nitrogens is 1. The summed E-state index contributed by atoms with van der Waals surface area (Å²) in [5, 5.41) is -0.180. The summed E-state index contributed by atoms with van der Waals surface area (Å²) in [5.74, 6) is 0.0797. The lowest BCUT2D eigenvalue weighted by molar-refractivity contribution is -0.123. The topological polar surface area (TPSA) is 82.6 Å². The number of halogens is 2. The zero-order chi connectivity index (χ0) is 26.0. The first-order valence-corrected chi connectivity index (χ1v) is 15.0. The number of sulfonamides is 1. The minimum atomic E-state index is -4.12. The van der Waals surface area contributed by atoms with Crippen molar-refractivity contribution in [2.24, 2.45) is 0 Å². The average molecular weight is 730 g/mol. The third kappa shape index (κ3) is 6.20. The van der Waals surface area contributed by atoms with Crippen LogP contribution < -0.4 is 6.05 Å². The van der Waals surface area contributed by atoms with Crippen LogP contribution in [0.25, 0.3) is 0 Å². The van der Waals surface area contributed by atoms with Crippen molar-refractivity contribution in [1.29, 1.82) is 0 Å². The Kier molecular flexibility index (Phi) is 8.57. The highest BCUT2D eigenvalue weighted by molar-refractivity contribution is 14.2. The van der Waals surface area contributed by atoms with Crippen LogP contribution in [0.4, 0.5) is 5.82 Å². The fourth-order valence-corrected chi connectivity index (χ4v) is 6.39. The Morgan fingerprint density at radius 1 is 1.06 bits per heavy atom. The summed E-state index contributed by atoms with van der Waals surface area (Å²) >= 11 is 4.01. The van der Waals surface area contributed by atoms with Crippen LogP contribution in [-0.2, 0) is 21.4 Å². The molecule has 2 heterocycles. The lowest BCUT2D eigenvalue weighted by Crippen LogP contribution is -2.45. The van der Waals surface area contributed by atoms with Gasteiger partial charge in [0.2, 0.25) is 0 Å². The number of aryl methyl sites for hydroxylation is 3. The smallest absolute Gasteiger partial charge is 0.281 e. The normalized spacial score (nSPS) is 18.2. The SMILES string of the molecule is Cc1cc(C)c(CN2C[C@H](c3ccccc3)C[C@@H]2C(=O)NS(=O)(=O)c2cccc(N(I)I)n2)c(C)c1. The molecule has 1 aliphatic heterocycles. The number of pyridine rings is 1. The monoisotopic (exact) mass is 730 g/mol. The molecule has 1 saturated heterocycles. The highest BCUT2D eigenvalue weighted by atomic mass is 127. The number of benzene rings is 2. The Morgan fingerprint density at radius 3 is 2.36 bits per heavy atom. The quantitative estimate of drug-likeness (QED) is 0.260. The fraction of sp³-hybridized carbons (Fsp3) is 0.308. The summed E-state index contributed by atoms with van der Waals surface area (Å²) in [6.45, 7) is 7.49. The lowest BCUT2D eigenvalue weighted by Gasteiger charge is -2.25. The number of carbonyl (C=O) groups excluding carboxylic acids is 1. The van der Waals surface area contributed by atoms with Gasteiger partial charge in [-0.1, -0.05) is 54.1 Å². The molecule has 2 aromatic carbocycles. The Hall–Kier alpha value is -1.77. The molecule has 2 atom stereocenters. The largest absolute Gasteiger partial charge is 0.287 e. The van der Waals surface area contributed by atoms with E-state index in [9.17, 15) is 13.2 Å². The predicted octanol–water partition coefficient (Wildman–Crippen LogP) is 5.38. The molecule has 0 spiro atoms. The van der Waals surface area contributed by atoms with Crippen LogP contribution in [-0.4, -0.2) is 36.8 Å². The van der Waals surface area contributed by atoms with Crippen LogP contribution in [0.1, 0.15) is 40.2 Å². The van der Waals surface area contributed by atoms with Crippen LogP contribution in [0.5, 0.6) is 0 Å². The van der Waals surface area contributed by atoms with Crippen molar-refractivity contribution in [2.45, 2.75) is 50.7 Å². The number of hydrogen-bond acceptors (Lipinski definition) is 6. The second-order valence-electron chi connectivity index (χ2n) is 9.20. The molecule has 0 bridgehead atoms. The minimum absolute atomic E-state index is 0.128. The molecule has 1 aromatic heterocycles. The van der Waals surface area contributed by atoms with E-state index in [4.69, 9.17) is 0 Å². The summed E-state index contributed by atoms with van der Waals surface area (Å²) in [5.41, 5.74) is 5.87. The second-order valence-corrected chi connectivity index (χ2v) is 14.6. The van der Waals surface area contributed by atoms with E-state index < -0.39 is 22.0 Å². The Morgan fingerprint density at radius 2 is 1.72 bits per heavy atom. The first-order chi connectivity index (χ1) is 17.0. The summed E-state index contributed by atoms with van der Waals surface area (Å²) in [4.78, 5) is 19.8. The van der Waals surface area contributed by atoms with Gasteiger partial charge in [0.25, 0.3) is 15.9 Å². The molecule has 36 heavy (non-hydrogen) atoms. The van der Waals surface area contributed by atoms with Gasteiger partial charge >= 0.3 is 0 Å². The van der Waals surface area contributed by atoms with E-state index in [0.717, 1.165) is 5.56 Å². The molecule has 1 aliphatic rings. The molecular weight excluding hydrogens is 702 g/mol. The number of likely N-dealkylation sites (tertiary alicyclic amines) is 1. The lowest BCUT2D eigenvalue weighted by atomic mass is 9.96. The number of amides is 1. The van der Waals surface area contributed by atoms with Gasteiger partial charge in [0, 0.05) is 13.1 Å². The third-order valence-electron chi connectivity index (χ3n) is 6.57. The van der Waals surface area contributed by atoms with Crippen molar-refractivity contribution in [3.63, 3.8) is 0 Å². The van der Waals surface area contributed by atoms with E-state index in [1.54, 1.807) is 13.5 Å². The molecule has 0 radical (unpaired) electrons. The van der Waals surface area contributed by atoms with Gasteiger partial charge in [-0.2, -0.15) is 8.42 Å². The number of nitrogens with zero attached hydrogens (tertiary/aromatic N) is 3. The first kappa shape index (κ1) is 27.3. The van der Waals surface area contributed by atoms with Crippen molar-refractivity contribution < 1.29 is 13.2 Å². The maximum absolute atomic E-state index is 13.5. The van der Waals surface area contributed by atoms with Gasteiger partial charge in [-0.25, -0.2) is 11.0 Å². The van der Waals surface area contributed by atoms with Gasteiger partial charge < -0.3 is 0 Å². The van der Waals surface area contributed by atoms with Gasteiger partial charge in [-0.15, -0.1) is 0 Å². The molecule has 190 valence electrons. The number of anilines is 1. The van der Waals surface area contributed by atoms with Crippen molar-refractivity contribution in [2.75, 3.05) is 7.87 Å². The van der Waals surface area contributed by atoms with E-state index in [-0.39, 0.29) is 10.9 Å². The number of nitrogens with one attached hydrogen (secondary N) is 1. The van der Waals surface area contributed by atoms with Crippen molar-refractivity contribution in [1.82, 2.24) is 14.6 Å². The highest BCUT2D eigenvalue weighted by Gasteiger charge is 2.39. The van der Waals surface area contributed by atoms with Crippen LogP contribution in [0.3, 0.4) is 0 Å². The third-order valence-corrected chi connectivity index (χ3v) is 8.81. The van der Waals surface area contributed by atoms with Crippen molar-refractivity contribution >= 4 is 67.5 Å². The molecule has 0 saturated carbocycles. The van der Waals surface area contributed by atoms with Crippen molar-refractivity contribution in [3.05, 3.63) is 88.5 Å². The number of hydrogen-bond donors (Lipinski definition) is 1. The van der Waals surface area contributed by atoms with Crippen LogP contribution in [0.15, 0.2) is 65.7 Å². The van der Waals surface area contributed by atoms with Gasteiger partial charge in [-0.3, -0.25) is 9.69 Å². The summed E-state index contributed by atoms with van der Waals surface area (Å²) in [7, 11) is -4.12. The van der Waals surface area contributed by atoms with Gasteiger partial charge in [-0.05, 0) is 67.5 Å². The van der Waals surface area contributed by atoms with E-state index in [1.807, 2.05) is 63.9 Å². The van der Waals surface area contributed by atoms with E-state index in [0.29, 0.717) is 25.3 Å².